The minimum absolute atomic E-state index is 0.0812. The number of amidine groups is 1. The smallest absolute Gasteiger partial charge is 0.379 e. The quantitative estimate of drug-likeness (QED) is 0.0461. The third-order valence-electron chi connectivity index (χ3n) is 13.9. The number of aryl methyl sites for hydroxylation is 2. The maximum absolute atomic E-state index is 14.1. The topological polar surface area (TPSA) is 193 Å². The molecule has 21 heteroatoms. The van der Waals surface area contributed by atoms with Crippen molar-refractivity contribution in [2.24, 2.45) is 16.4 Å². The second-order valence-electron chi connectivity index (χ2n) is 20.9. The van der Waals surface area contributed by atoms with Crippen LogP contribution in [0.2, 0.25) is 0 Å². The van der Waals surface area contributed by atoms with Gasteiger partial charge in [-0.05, 0) is 84.4 Å². The van der Waals surface area contributed by atoms with Crippen LogP contribution < -0.4 is 21.3 Å². The van der Waals surface area contributed by atoms with Gasteiger partial charge in [0.15, 0.2) is 5.82 Å². The first kappa shape index (κ1) is 56.5. The van der Waals surface area contributed by atoms with Gasteiger partial charge in [0.2, 0.25) is 17.7 Å². The minimum Gasteiger partial charge on any atom is -0.379 e. The van der Waals surface area contributed by atoms with Gasteiger partial charge >= 0.3 is 6.18 Å². The van der Waals surface area contributed by atoms with E-state index in [-0.39, 0.29) is 42.5 Å². The number of fused-ring (bicyclic) bond motifs is 1. The molecule has 8 rings (SSSR count). The zero-order chi connectivity index (χ0) is 54.5. The van der Waals surface area contributed by atoms with Crippen LogP contribution in [0.1, 0.15) is 105 Å². The molecule has 77 heavy (non-hydrogen) atoms. The van der Waals surface area contributed by atoms with Crippen molar-refractivity contribution in [1.29, 1.82) is 0 Å². The van der Waals surface area contributed by atoms with Crippen molar-refractivity contribution in [1.82, 2.24) is 50.6 Å². The average molecular weight is 1080 g/mol. The predicted molar refractivity (Wildman–Crippen MR) is 289 cm³/mol. The van der Waals surface area contributed by atoms with Crippen molar-refractivity contribution < 1.29 is 37.0 Å². The number of rotatable bonds is 20. The summed E-state index contributed by atoms with van der Waals surface area (Å²) >= 11 is 1.59. The number of thiazole rings is 1. The van der Waals surface area contributed by atoms with Crippen LogP contribution in [0.5, 0.6) is 0 Å². The van der Waals surface area contributed by atoms with E-state index in [0.717, 1.165) is 56.2 Å². The Kier molecular flexibility index (Phi) is 19.1. The number of carbonyl (C=O) groups excluding carboxylic acids is 3. The largest absolute Gasteiger partial charge is 0.453 e. The van der Waals surface area contributed by atoms with Crippen molar-refractivity contribution in [3.05, 3.63) is 112 Å². The van der Waals surface area contributed by atoms with Crippen molar-refractivity contribution in [2.45, 2.75) is 104 Å². The Hall–Kier alpha value is -6.73. The number of hydrogen-bond donors (Lipinski definition) is 4. The number of anilines is 1. The lowest BCUT2D eigenvalue weighted by Crippen LogP contribution is -2.57. The summed E-state index contributed by atoms with van der Waals surface area (Å²) in [6.07, 6.45) is 0.418. The molecule has 3 aliphatic heterocycles. The van der Waals surface area contributed by atoms with Gasteiger partial charge in [0.05, 0.1) is 42.5 Å². The second kappa shape index (κ2) is 26.1. The van der Waals surface area contributed by atoms with E-state index in [4.69, 9.17) is 9.47 Å². The van der Waals surface area contributed by atoms with E-state index in [2.05, 4.69) is 75.4 Å². The molecule has 5 aromatic rings. The van der Waals surface area contributed by atoms with Gasteiger partial charge in [-0.25, -0.2) is 9.97 Å². The monoisotopic (exact) mass is 1080 g/mol. The standard InChI is InChI=1S/C56H69F3N12O5S/c1-37-32-45(52(73)63-34-41-10-15-44(16-11-41)50-38(2)64-36-77-50)70(35-37)53(74)51(55(3,4)5)65-49(72)22-28-75-30-31-76-29-25-60-23-24-61-46-17-12-40(33-62-46)7-6-39-8-13-42(14-9-39)43-20-26-69(27-21-43)48-19-18-47-66-67-54(56(57,58)59)71(47)68-48/h8-17,33,36-37,43,45,51,60H,18-32,34-35H2,1-5H3,(H,61,62)(H,63,73)(H,65,72)/t37?,45-,51+/m0/s1. The Morgan fingerprint density at radius 2 is 1.58 bits per heavy atom. The number of alkyl halides is 3. The van der Waals surface area contributed by atoms with Crippen LogP contribution in [0.25, 0.3) is 10.4 Å². The van der Waals surface area contributed by atoms with E-state index < -0.39 is 29.5 Å². The van der Waals surface area contributed by atoms with E-state index in [0.29, 0.717) is 96.6 Å². The molecule has 3 atom stereocenters. The number of benzene rings is 2. The fourth-order valence-electron chi connectivity index (χ4n) is 9.67. The molecule has 0 spiro atoms. The summed E-state index contributed by atoms with van der Waals surface area (Å²) in [5.74, 6) is 6.66. The van der Waals surface area contributed by atoms with Crippen LogP contribution in [0, 0.1) is 30.1 Å². The molecule has 3 amide bonds. The fourth-order valence-corrected chi connectivity index (χ4v) is 10.5. The summed E-state index contributed by atoms with van der Waals surface area (Å²) in [6, 6.07) is 18.7. The van der Waals surface area contributed by atoms with Gasteiger partial charge in [-0.2, -0.15) is 22.9 Å². The lowest BCUT2D eigenvalue weighted by Gasteiger charge is -2.35. The zero-order valence-corrected chi connectivity index (χ0v) is 45.2. The summed E-state index contributed by atoms with van der Waals surface area (Å²) in [5, 5.41) is 23.9. The van der Waals surface area contributed by atoms with E-state index in [9.17, 15) is 27.6 Å². The number of hydrogen-bond acceptors (Lipinski definition) is 14. The van der Waals surface area contributed by atoms with Gasteiger partial charge in [0, 0.05) is 82.4 Å². The Labute approximate surface area is 452 Å². The number of ether oxygens (including phenoxy) is 2. The maximum atomic E-state index is 14.1. The summed E-state index contributed by atoms with van der Waals surface area (Å²) in [6.45, 7) is 15.3. The van der Waals surface area contributed by atoms with Crippen molar-refractivity contribution in [3.8, 4) is 22.3 Å². The molecular weight excluding hydrogens is 1010 g/mol. The Balaban J connectivity index is 0.657. The second-order valence-corrected chi connectivity index (χ2v) is 21.7. The zero-order valence-electron chi connectivity index (χ0n) is 44.4. The molecule has 2 saturated heterocycles. The molecule has 0 saturated carbocycles. The third-order valence-corrected chi connectivity index (χ3v) is 14.9. The summed E-state index contributed by atoms with van der Waals surface area (Å²) in [4.78, 5) is 54.4. The van der Waals surface area contributed by atoms with Gasteiger partial charge in [-0.3, -0.25) is 14.4 Å². The highest BCUT2D eigenvalue weighted by molar-refractivity contribution is 7.13. The molecule has 17 nitrogen and oxygen atoms in total. The van der Waals surface area contributed by atoms with Gasteiger partial charge in [0.1, 0.15) is 23.7 Å². The molecule has 1 unspecified atom stereocenters. The van der Waals surface area contributed by atoms with Crippen LogP contribution in [-0.4, -0.2) is 136 Å². The van der Waals surface area contributed by atoms with E-state index in [1.807, 2.05) is 88.7 Å². The number of nitrogens with one attached hydrogen (secondary N) is 4. The summed E-state index contributed by atoms with van der Waals surface area (Å²) in [7, 11) is 0. The van der Waals surface area contributed by atoms with Crippen LogP contribution in [0.4, 0.5) is 19.0 Å². The molecular formula is C56H69F3N12O5S. The number of nitrogens with zero attached hydrogens (tertiary/aromatic N) is 8. The molecule has 410 valence electrons. The average Bonchev–Trinajstić information content (AvgIpc) is 4.19. The third kappa shape index (κ3) is 15.5. The van der Waals surface area contributed by atoms with Gasteiger partial charge in [0.25, 0.3) is 5.82 Å². The number of pyridine rings is 1. The lowest BCUT2D eigenvalue weighted by atomic mass is 9.85. The predicted octanol–water partition coefficient (Wildman–Crippen LogP) is 7.02. The van der Waals surface area contributed by atoms with Gasteiger partial charge in [-0.1, -0.05) is 75.9 Å². The molecule has 3 aliphatic rings. The van der Waals surface area contributed by atoms with Crippen molar-refractivity contribution in [3.63, 3.8) is 0 Å². The van der Waals surface area contributed by atoms with Crippen LogP contribution >= 0.6 is 11.3 Å². The summed E-state index contributed by atoms with van der Waals surface area (Å²) in [5.41, 5.74) is 7.16. The first-order valence-corrected chi connectivity index (χ1v) is 27.3. The molecule has 2 aromatic carbocycles. The highest BCUT2D eigenvalue weighted by Crippen LogP contribution is 2.33. The molecule has 2 fully saturated rings. The SMILES string of the molecule is Cc1ncsc1-c1ccc(CNC(=O)[C@@H]2CC(C)CN2C(=O)[C@@H](NC(=O)CCOCCOCCNCCNc2ccc(C#Cc3ccc(C4CCN(C5=Nn6c(nnc6C(F)(F)F)CC5)CC4)cc3)cn2)C(C)(C)C)cc1. The van der Waals surface area contributed by atoms with Crippen LogP contribution in [0.15, 0.2) is 77.5 Å². The molecule has 0 bridgehead atoms. The molecule has 3 aromatic heterocycles. The number of likely N-dealkylation sites (tertiary alicyclic amines) is 2. The minimum atomic E-state index is -4.61. The van der Waals surface area contributed by atoms with E-state index in [1.54, 1.807) is 22.4 Å². The Morgan fingerprint density at radius 3 is 2.27 bits per heavy atom. The van der Waals surface area contributed by atoms with Gasteiger partial charge in [-0.15, -0.1) is 21.5 Å². The normalized spacial score (nSPS) is 17.3. The first-order chi connectivity index (χ1) is 37.0. The number of carbonyl (C=O) groups is 3. The molecule has 0 radical (unpaired) electrons. The highest BCUT2D eigenvalue weighted by Gasteiger charge is 2.44. The Morgan fingerprint density at radius 1 is 0.857 bits per heavy atom. The Bertz CT molecular complexity index is 2870. The highest BCUT2D eigenvalue weighted by atomic mass is 32.1. The van der Waals surface area contributed by atoms with E-state index >= 15 is 0 Å². The van der Waals surface area contributed by atoms with Crippen LogP contribution in [-0.2, 0) is 43.0 Å². The number of piperidine rings is 1. The molecule has 4 N–H and O–H groups in total. The van der Waals surface area contributed by atoms with Crippen molar-refractivity contribution >= 4 is 40.7 Å². The lowest BCUT2D eigenvalue weighted by molar-refractivity contribution is -0.147. The van der Waals surface area contributed by atoms with Crippen molar-refractivity contribution in [2.75, 3.05) is 71.0 Å². The maximum Gasteiger partial charge on any atom is 0.453 e. The molecule has 0 aliphatic carbocycles. The number of amides is 3. The van der Waals surface area contributed by atoms with Gasteiger partial charge < -0.3 is 40.5 Å². The number of halogens is 3. The molecule has 6 heterocycles. The number of aromatic nitrogens is 5. The first-order valence-electron chi connectivity index (χ1n) is 26.4. The van der Waals surface area contributed by atoms with Crippen LogP contribution in [0.3, 0.4) is 0 Å². The summed E-state index contributed by atoms with van der Waals surface area (Å²) < 4.78 is 52.4. The fraction of sp³-hybridized carbons (Fsp3) is 0.500. The van der Waals surface area contributed by atoms with E-state index in [1.165, 1.54) is 5.56 Å².